The van der Waals surface area contributed by atoms with Gasteiger partial charge in [0.05, 0.1) is 26.0 Å². The van der Waals surface area contributed by atoms with E-state index in [1.807, 2.05) is 55.5 Å². The number of methoxy groups -OCH3 is 2. The van der Waals surface area contributed by atoms with E-state index in [4.69, 9.17) is 14.2 Å². The molecule has 5 nitrogen and oxygen atoms in total. The Kier molecular flexibility index (Phi) is 7.47. The molecule has 1 amide bonds. The van der Waals surface area contributed by atoms with Crippen LogP contribution >= 0.6 is 11.8 Å². The summed E-state index contributed by atoms with van der Waals surface area (Å²) >= 11 is 1.51. The highest BCUT2D eigenvalue weighted by atomic mass is 32.2. The van der Waals surface area contributed by atoms with Gasteiger partial charge < -0.3 is 19.5 Å². The Balaban J connectivity index is 1.69. The Morgan fingerprint density at radius 3 is 2.04 bits per heavy atom. The van der Waals surface area contributed by atoms with Crippen LogP contribution in [0, 0.1) is 0 Å². The smallest absolute Gasteiger partial charge is 0.233 e. The predicted octanol–water partition coefficient (Wildman–Crippen LogP) is 3.38. The summed E-state index contributed by atoms with van der Waals surface area (Å²) in [5.41, 5.74) is 0. The van der Waals surface area contributed by atoms with Crippen LogP contribution in [-0.4, -0.2) is 38.5 Å². The Bertz CT molecular complexity index is 658. The zero-order chi connectivity index (χ0) is 18.1. The maximum Gasteiger partial charge on any atom is 0.233 e. The maximum atomic E-state index is 12.1. The van der Waals surface area contributed by atoms with E-state index in [2.05, 4.69) is 5.32 Å². The van der Waals surface area contributed by atoms with Crippen LogP contribution in [0.2, 0.25) is 0 Å². The second-order valence-corrected chi connectivity index (χ2v) is 6.66. The third-order valence-corrected chi connectivity index (χ3v) is 4.58. The second-order valence-electron chi connectivity index (χ2n) is 5.25. The first kappa shape index (κ1) is 19.0. The molecule has 0 aliphatic heterocycles. The molecule has 0 radical (unpaired) electrons. The van der Waals surface area contributed by atoms with Gasteiger partial charge in [-0.05, 0) is 55.5 Å². The lowest BCUT2D eigenvalue weighted by Crippen LogP contribution is -2.33. The van der Waals surface area contributed by atoms with Gasteiger partial charge in [0.2, 0.25) is 5.91 Å². The Morgan fingerprint density at radius 1 is 0.960 bits per heavy atom. The highest BCUT2D eigenvalue weighted by molar-refractivity contribution is 8.00. The lowest BCUT2D eigenvalue weighted by atomic mass is 10.3. The van der Waals surface area contributed by atoms with Crippen molar-refractivity contribution < 1.29 is 19.0 Å². The molecule has 6 heteroatoms. The predicted molar refractivity (Wildman–Crippen MR) is 99.8 cm³/mol. The van der Waals surface area contributed by atoms with Crippen molar-refractivity contribution in [1.82, 2.24) is 5.32 Å². The van der Waals surface area contributed by atoms with E-state index in [0.29, 0.717) is 13.2 Å². The zero-order valence-electron chi connectivity index (χ0n) is 14.7. The van der Waals surface area contributed by atoms with Crippen molar-refractivity contribution in [2.45, 2.75) is 17.1 Å². The molecule has 1 unspecified atom stereocenters. The van der Waals surface area contributed by atoms with Gasteiger partial charge in [-0.1, -0.05) is 0 Å². The molecule has 0 bridgehead atoms. The van der Waals surface area contributed by atoms with E-state index in [0.717, 1.165) is 22.1 Å². The van der Waals surface area contributed by atoms with Gasteiger partial charge in [-0.2, -0.15) is 0 Å². The van der Waals surface area contributed by atoms with Gasteiger partial charge in [0.15, 0.2) is 0 Å². The van der Waals surface area contributed by atoms with Crippen LogP contribution < -0.4 is 19.5 Å². The monoisotopic (exact) mass is 361 g/mol. The molecule has 1 atom stereocenters. The number of thioether (sulfide) groups is 1. The van der Waals surface area contributed by atoms with Gasteiger partial charge in [-0.25, -0.2) is 0 Å². The fraction of sp³-hybridized carbons (Fsp3) is 0.316. The molecule has 0 heterocycles. The van der Waals surface area contributed by atoms with Crippen LogP contribution in [-0.2, 0) is 4.79 Å². The Labute approximate surface area is 152 Å². The summed E-state index contributed by atoms with van der Waals surface area (Å²) in [6, 6.07) is 15.0. The number of carbonyl (C=O) groups is 1. The van der Waals surface area contributed by atoms with E-state index in [-0.39, 0.29) is 11.2 Å². The molecular weight excluding hydrogens is 338 g/mol. The normalized spacial score (nSPS) is 11.5. The minimum absolute atomic E-state index is 0.0147. The Morgan fingerprint density at radius 2 is 1.48 bits per heavy atom. The number of hydrogen-bond acceptors (Lipinski definition) is 5. The molecule has 2 rings (SSSR count). The largest absolute Gasteiger partial charge is 0.497 e. The fourth-order valence-corrected chi connectivity index (χ4v) is 2.96. The van der Waals surface area contributed by atoms with Crippen molar-refractivity contribution in [3.05, 3.63) is 48.5 Å². The quantitative estimate of drug-likeness (QED) is 0.548. The van der Waals surface area contributed by atoms with Gasteiger partial charge >= 0.3 is 0 Å². The first-order valence-electron chi connectivity index (χ1n) is 7.97. The van der Waals surface area contributed by atoms with Crippen molar-refractivity contribution in [3.8, 4) is 17.2 Å². The van der Waals surface area contributed by atoms with Crippen molar-refractivity contribution in [2.24, 2.45) is 0 Å². The first-order chi connectivity index (χ1) is 12.1. The van der Waals surface area contributed by atoms with Gasteiger partial charge in [-0.15, -0.1) is 11.8 Å². The molecule has 0 saturated heterocycles. The van der Waals surface area contributed by atoms with Crippen molar-refractivity contribution in [3.63, 3.8) is 0 Å². The number of carbonyl (C=O) groups excluding carboxylic acids is 1. The van der Waals surface area contributed by atoms with Crippen molar-refractivity contribution in [2.75, 3.05) is 27.4 Å². The third-order valence-electron chi connectivity index (χ3n) is 3.47. The highest BCUT2D eigenvalue weighted by Crippen LogP contribution is 2.25. The zero-order valence-corrected chi connectivity index (χ0v) is 15.5. The van der Waals surface area contributed by atoms with Crippen LogP contribution in [0.3, 0.4) is 0 Å². The molecule has 0 aromatic heterocycles. The SMILES string of the molecule is COc1ccc(OCCNC(=O)C(C)Sc2ccc(OC)cc2)cc1. The van der Waals surface area contributed by atoms with Crippen LogP contribution in [0.1, 0.15) is 6.92 Å². The lowest BCUT2D eigenvalue weighted by molar-refractivity contribution is -0.120. The number of ether oxygens (including phenoxy) is 3. The van der Waals surface area contributed by atoms with Crippen molar-refractivity contribution in [1.29, 1.82) is 0 Å². The summed E-state index contributed by atoms with van der Waals surface area (Å²) in [6.45, 7) is 2.75. The Hall–Kier alpha value is -2.34. The summed E-state index contributed by atoms with van der Waals surface area (Å²) in [5, 5.41) is 2.70. The molecule has 0 aliphatic rings. The minimum Gasteiger partial charge on any atom is -0.497 e. The summed E-state index contributed by atoms with van der Waals surface area (Å²) in [4.78, 5) is 13.2. The van der Waals surface area contributed by atoms with Gasteiger partial charge in [-0.3, -0.25) is 4.79 Å². The molecule has 134 valence electrons. The lowest BCUT2D eigenvalue weighted by Gasteiger charge is -2.13. The fourth-order valence-electron chi connectivity index (χ4n) is 2.07. The molecule has 2 aromatic rings. The van der Waals surface area contributed by atoms with Gasteiger partial charge in [0.25, 0.3) is 0 Å². The maximum absolute atomic E-state index is 12.1. The molecule has 0 saturated carbocycles. The summed E-state index contributed by atoms with van der Waals surface area (Å²) in [7, 11) is 3.25. The summed E-state index contributed by atoms with van der Waals surface area (Å²) < 4.78 is 15.8. The number of benzene rings is 2. The third kappa shape index (κ3) is 6.23. The molecule has 2 aromatic carbocycles. The van der Waals surface area contributed by atoms with Crippen molar-refractivity contribution >= 4 is 17.7 Å². The summed E-state index contributed by atoms with van der Waals surface area (Å²) in [5.74, 6) is 2.32. The average molecular weight is 361 g/mol. The molecule has 25 heavy (non-hydrogen) atoms. The molecule has 0 spiro atoms. The molecule has 0 aliphatic carbocycles. The molecular formula is C19H23NO4S. The van der Waals surface area contributed by atoms with Crippen LogP contribution in [0.5, 0.6) is 17.2 Å². The first-order valence-corrected chi connectivity index (χ1v) is 8.85. The van der Waals surface area contributed by atoms with Crippen LogP contribution in [0.25, 0.3) is 0 Å². The van der Waals surface area contributed by atoms with E-state index < -0.39 is 0 Å². The second kappa shape index (κ2) is 9.84. The number of hydrogen-bond donors (Lipinski definition) is 1. The average Bonchev–Trinajstić information content (AvgIpc) is 2.66. The van der Waals surface area contributed by atoms with Gasteiger partial charge in [0.1, 0.15) is 23.9 Å². The van der Waals surface area contributed by atoms with E-state index in [9.17, 15) is 4.79 Å². The van der Waals surface area contributed by atoms with Crippen LogP contribution in [0.4, 0.5) is 0 Å². The highest BCUT2D eigenvalue weighted by Gasteiger charge is 2.13. The standard InChI is InChI=1S/C19H23NO4S/c1-14(25-18-10-8-16(23-3)9-11-18)19(21)20-12-13-24-17-6-4-15(22-2)5-7-17/h4-11,14H,12-13H2,1-3H3,(H,20,21). The van der Waals surface area contributed by atoms with E-state index in [1.165, 1.54) is 11.8 Å². The van der Waals surface area contributed by atoms with E-state index in [1.54, 1.807) is 14.2 Å². The molecule has 1 N–H and O–H groups in total. The number of amides is 1. The van der Waals surface area contributed by atoms with Gasteiger partial charge in [0, 0.05) is 4.90 Å². The summed E-state index contributed by atoms with van der Waals surface area (Å²) in [6.07, 6.45) is 0. The van der Waals surface area contributed by atoms with Crippen LogP contribution in [0.15, 0.2) is 53.4 Å². The topological polar surface area (TPSA) is 56.8 Å². The number of rotatable bonds is 9. The van der Waals surface area contributed by atoms with E-state index >= 15 is 0 Å². The molecule has 0 fully saturated rings. The minimum atomic E-state index is -0.186. The number of nitrogens with one attached hydrogen (secondary N) is 1.